The van der Waals surface area contributed by atoms with Crippen molar-refractivity contribution in [3.63, 3.8) is 0 Å². The van der Waals surface area contributed by atoms with Crippen LogP contribution in [0.1, 0.15) is 47.6 Å². The van der Waals surface area contributed by atoms with Gasteiger partial charge in [0.1, 0.15) is 0 Å². The zero-order valence-electron chi connectivity index (χ0n) is 13.6. The summed E-state index contributed by atoms with van der Waals surface area (Å²) in [6, 6.07) is 1.13. The third-order valence-electron chi connectivity index (χ3n) is 3.41. The molecule has 0 radical (unpaired) electrons. The van der Waals surface area contributed by atoms with Gasteiger partial charge in [0, 0.05) is 43.6 Å². The molecule has 0 amide bonds. The van der Waals surface area contributed by atoms with Crippen LogP contribution in [0.4, 0.5) is 5.82 Å². The molecule has 0 aliphatic heterocycles. The molecule has 0 unspecified atom stereocenters. The van der Waals surface area contributed by atoms with E-state index in [-0.39, 0.29) is 11.6 Å². The summed E-state index contributed by atoms with van der Waals surface area (Å²) in [4.78, 5) is 18.7. The largest absolute Gasteiger partial charge is 0.364 e. The first-order valence-electron chi connectivity index (χ1n) is 7.41. The van der Waals surface area contributed by atoms with Crippen molar-refractivity contribution in [2.24, 2.45) is 0 Å². The Morgan fingerprint density at radius 2 is 1.80 bits per heavy atom. The molecule has 0 aliphatic rings. The zero-order valence-corrected chi connectivity index (χ0v) is 13.6. The number of anilines is 1. The van der Waals surface area contributed by atoms with Gasteiger partial charge in [0.25, 0.3) is 5.56 Å². The van der Waals surface area contributed by atoms with E-state index in [0.29, 0.717) is 17.9 Å². The topological polar surface area (TPSA) is 50.2 Å². The Balaban J connectivity index is 2.67. The fraction of sp³-hybridized carbons (Fsp3) is 0.733. The van der Waals surface area contributed by atoms with E-state index in [1.54, 1.807) is 17.0 Å². The Labute approximate surface area is 122 Å². The summed E-state index contributed by atoms with van der Waals surface area (Å²) in [5.74, 6) is 0.439. The van der Waals surface area contributed by atoms with Crippen LogP contribution in [0.25, 0.3) is 0 Å². The highest BCUT2D eigenvalue weighted by molar-refractivity contribution is 5.30. The summed E-state index contributed by atoms with van der Waals surface area (Å²) in [5, 5.41) is 3.16. The number of hydrogen-bond donors (Lipinski definition) is 1. The SMILES string of the molecule is CC(C)N(CCNc1nccn(C(C)C)c1=O)C(C)C. The summed E-state index contributed by atoms with van der Waals surface area (Å²) in [7, 11) is 0. The maximum absolute atomic E-state index is 12.2. The highest BCUT2D eigenvalue weighted by atomic mass is 16.1. The van der Waals surface area contributed by atoms with E-state index in [0.717, 1.165) is 13.1 Å². The molecule has 0 atom stereocenters. The lowest BCUT2D eigenvalue weighted by Gasteiger charge is -2.30. The lowest BCUT2D eigenvalue weighted by molar-refractivity contribution is 0.182. The van der Waals surface area contributed by atoms with Crippen LogP contribution in [0, 0.1) is 0 Å². The van der Waals surface area contributed by atoms with Crippen LogP contribution >= 0.6 is 0 Å². The van der Waals surface area contributed by atoms with Crippen LogP contribution in [-0.2, 0) is 0 Å². The first-order chi connectivity index (χ1) is 9.34. The molecule has 114 valence electrons. The van der Waals surface area contributed by atoms with Crippen LogP contribution in [0.15, 0.2) is 17.2 Å². The molecule has 1 N–H and O–H groups in total. The minimum atomic E-state index is -0.0526. The Morgan fingerprint density at radius 3 is 2.30 bits per heavy atom. The molecule has 20 heavy (non-hydrogen) atoms. The number of hydrogen-bond acceptors (Lipinski definition) is 4. The van der Waals surface area contributed by atoms with Crippen molar-refractivity contribution in [3.8, 4) is 0 Å². The normalized spacial score (nSPS) is 11.9. The van der Waals surface area contributed by atoms with Crippen molar-refractivity contribution < 1.29 is 0 Å². The third-order valence-corrected chi connectivity index (χ3v) is 3.41. The van der Waals surface area contributed by atoms with Crippen molar-refractivity contribution in [3.05, 3.63) is 22.7 Å². The Kier molecular flexibility index (Phi) is 6.20. The van der Waals surface area contributed by atoms with Gasteiger partial charge >= 0.3 is 0 Å². The number of rotatable bonds is 7. The molecule has 0 bridgehead atoms. The van der Waals surface area contributed by atoms with Gasteiger partial charge < -0.3 is 9.88 Å². The van der Waals surface area contributed by atoms with Gasteiger partial charge in [-0.15, -0.1) is 0 Å². The Morgan fingerprint density at radius 1 is 1.20 bits per heavy atom. The smallest absolute Gasteiger partial charge is 0.293 e. The molecular weight excluding hydrogens is 252 g/mol. The standard InChI is InChI=1S/C15H28N4O/c1-11(2)18(12(3)4)9-7-16-14-15(20)19(13(5)6)10-8-17-14/h8,10-13H,7,9H2,1-6H3,(H,16,17). The molecule has 0 spiro atoms. The number of nitrogens with one attached hydrogen (secondary N) is 1. The van der Waals surface area contributed by atoms with Crippen molar-refractivity contribution in [1.82, 2.24) is 14.5 Å². The minimum absolute atomic E-state index is 0.0526. The summed E-state index contributed by atoms with van der Waals surface area (Å²) in [6.45, 7) is 14.3. The summed E-state index contributed by atoms with van der Waals surface area (Å²) >= 11 is 0. The molecule has 0 aliphatic carbocycles. The third kappa shape index (κ3) is 4.34. The fourth-order valence-electron chi connectivity index (χ4n) is 2.37. The quantitative estimate of drug-likeness (QED) is 0.833. The second-order valence-corrected chi connectivity index (χ2v) is 5.93. The molecule has 0 fully saturated rings. The number of aromatic nitrogens is 2. The first kappa shape index (κ1) is 16.7. The van der Waals surface area contributed by atoms with E-state index in [4.69, 9.17) is 0 Å². The van der Waals surface area contributed by atoms with Crippen molar-refractivity contribution in [2.75, 3.05) is 18.4 Å². The van der Waals surface area contributed by atoms with E-state index in [9.17, 15) is 4.79 Å². The first-order valence-corrected chi connectivity index (χ1v) is 7.41. The van der Waals surface area contributed by atoms with Crippen molar-refractivity contribution in [1.29, 1.82) is 0 Å². The predicted octanol–water partition coefficient (Wildman–Crippen LogP) is 2.35. The van der Waals surface area contributed by atoms with E-state index in [1.165, 1.54) is 0 Å². The molecule has 1 heterocycles. The Bertz CT molecular complexity index is 457. The summed E-state index contributed by atoms with van der Waals surface area (Å²) < 4.78 is 1.69. The lowest BCUT2D eigenvalue weighted by Crippen LogP contribution is -2.40. The van der Waals surface area contributed by atoms with Gasteiger partial charge in [-0.2, -0.15) is 0 Å². The van der Waals surface area contributed by atoms with E-state index in [1.807, 2.05) is 13.8 Å². The maximum atomic E-state index is 12.2. The van der Waals surface area contributed by atoms with Crippen molar-refractivity contribution >= 4 is 5.82 Å². The average Bonchev–Trinajstić information content (AvgIpc) is 2.34. The van der Waals surface area contributed by atoms with Gasteiger partial charge in [-0.05, 0) is 41.5 Å². The van der Waals surface area contributed by atoms with Crippen LogP contribution in [0.5, 0.6) is 0 Å². The molecule has 5 nitrogen and oxygen atoms in total. The lowest BCUT2D eigenvalue weighted by atomic mass is 10.2. The van der Waals surface area contributed by atoms with Gasteiger partial charge in [-0.3, -0.25) is 9.69 Å². The van der Waals surface area contributed by atoms with Crippen LogP contribution in [0.2, 0.25) is 0 Å². The highest BCUT2D eigenvalue weighted by Gasteiger charge is 2.13. The highest BCUT2D eigenvalue weighted by Crippen LogP contribution is 2.05. The van der Waals surface area contributed by atoms with Crippen LogP contribution < -0.4 is 10.9 Å². The van der Waals surface area contributed by atoms with Crippen molar-refractivity contribution in [2.45, 2.75) is 59.7 Å². The van der Waals surface area contributed by atoms with Gasteiger partial charge in [-0.1, -0.05) is 0 Å². The van der Waals surface area contributed by atoms with Gasteiger partial charge in [0.15, 0.2) is 5.82 Å². The maximum Gasteiger partial charge on any atom is 0.293 e. The Hall–Kier alpha value is -1.36. The van der Waals surface area contributed by atoms with E-state index >= 15 is 0 Å². The second kappa shape index (κ2) is 7.43. The predicted molar refractivity (Wildman–Crippen MR) is 84.3 cm³/mol. The molecule has 0 aromatic carbocycles. The molecule has 1 rings (SSSR count). The van der Waals surface area contributed by atoms with E-state index in [2.05, 4.69) is 42.9 Å². The average molecular weight is 280 g/mol. The monoisotopic (exact) mass is 280 g/mol. The fourth-order valence-corrected chi connectivity index (χ4v) is 2.37. The second-order valence-electron chi connectivity index (χ2n) is 5.93. The summed E-state index contributed by atoms with van der Waals surface area (Å²) in [5.41, 5.74) is -0.0526. The minimum Gasteiger partial charge on any atom is -0.364 e. The molecule has 1 aromatic heterocycles. The summed E-state index contributed by atoms with van der Waals surface area (Å²) in [6.07, 6.45) is 3.40. The zero-order chi connectivity index (χ0) is 15.3. The molecule has 0 saturated heterocycles. The van der Waals surface area contributed by atoms with Gasteiger partial charge in [0.2, 0.25) is 0 Å². The molecular formula is C15H28N4O. The molecule has 5 heteroatoms. The van der Waals surface area contributed by atoms with Crippen LogP contribution in [-0.4, -0.2) is 39.6 Å². The van der Waals surface area contributed by atoms with Gasteiger partial charge in [0.05, 0.1) is 0 Å². The van der Waals surface area contributed by atoms with Gasteiger partial charge in [-0.25, -0.2) is 4.98 Å². The number of nitrogens with zero attached hydrogens (tertiary/aromatic N) is 3. The molecule has 1 aromatic rings. The molecule has 0 saturated carbocycles. The van der Waals surface area contributed by atoms with Crippen LogP contribution in [0.3, 0.4) is 0 Å². The van der Waals surface area contributed by atoms with E-state index < -0.39 is 0 Å².